The average Bonchev–Trinajstić information content (AvgIpc) is 2.63. The summed E-state index contributed by atoms with van der Waals surface area (Å²) in [5.41, 5.74) is -1.18. The van der Waals surface area contributed by atoms with Crippen LogP contribution in [0.15, 0.2) is 11.1 Å². The Kier molecular flexibility index (Phi) is 6.97. The Bertz CT molecular complexity index is 705. The summed E-state index contributed by atoms with van der Waals surface area (Å²) in [4.78, 5) is 22.8. The first-order valence-corrected chi connectivity index (χ1v) is 11.7. The third kappa shape index (κ3) is 5.81. The van der Waals surface area contributed by atoms with Crippen LogP contribution in [0, 0.1) is 35.0 Å². The van der Waals surface area contributed by atoms with Crippen LogP contribution >= 0.6 is 11.6 Å². The van der Waals surface area contributed by atoms with E-state index in [1.807, 2.05) is 40.7 Å². The first kappa shape index (κ1) is 23.6. The van der Waals surface area contributed by atoms with E-state index in [1.54, 1.807) is 0 Å². The molecule has 30 heavy (non-hydrogen) atoms. The number of carbonyl (C=O) groups excluding carboxylic acids is 1. The molecular formula is C25H37ClO4. The molecule has 0 aromatic heterocycles. The second-order valence-corrected chi connectivity index (χ2v) is 11.2. The van der Waals surface area contributed by atoms with Crippen molar-refractivity contribution in [3.63, 3.8) is 0 Å². The van der Waals surface area contributed by atoms with Gasteiger partial charge in [-0.1, -0.05) is 30.4 Å². The van der Waals surface area contributed by atoms with Gasteiger partial charge < -0.3 is 4.74 Å². The predicted molar refractivity (Wildman–Crippen MR) is 118 cm³/mol. The fourth-order valence-corrected chi connectivity index (χ4v) is 5.88. The molecule has 4 bridgehead atoms. The molecule has 1 atom stereocenters. The number of halogens is 1. The van der Waals surface area contributed by atoms with E-state index in [0.29, 0.717) is 0 Å². The summed E-state index contributed by atoms with van der Waals surface area (Å²) < 4.78 is 5.48. The fourth-order valence-electron chi connectivity index (χ4n) is 5.54. The first-order valence-electron chi connectivity index (χ1n) is 11.4. The zero-order valence-corrected chi connectivity index (χ0v) is 20.1. The van der Waals surface area contributed by atoms with Crippen LogP contribution in [0.1, 0.15) is 86.5 Å². The van der Waals surface area contributed by atoms with Gasteiger partial charge in [0.1, 0.15) is 0 Å². The van der Waals surface area contributed by atoms with E-state index in [4.69, 9.17) is 26.1 Å². The predicted octanol–water partition coefficient (Wildman–Crippen LogP) is 6.18. The molecule has 0 heterocycles. The number of allylic oxidation sites excluding steroid dienone is 1. The van der Waals surface area contributed by atoms with Crippen LogP contribution in [-0.4, -0.2) is 23.3 Å². The van der Waals surface area contributed by atoms with Crippen molar-refractivity contribution in [2.45, 2.75) is 104 Å². The molecule has 0 aromatic rings. The number of esters is 1. The fraction of sp³-hybridized carbons (Fsp3) is 0.800. The van der Waals surface area contributed by atoms with Crippen LogP contribution in [0.3, 0.4) is 0 Å². The highest BCUT2D eigenvalue weighted by molar-refractivity contribution is 6.30. The number of carbonyl (C=O) groups is 1. The molecule has 168 valence electrons. The van der Waals surface area contributed by atoms with E-state index in [-0.39, 0.29) is 11.4 Å². The molecule has 4 aliphatic rings. The van der Waals surface area contributed by atoms with Crippen molar-refractivity contribution >= 4 is 17.6 Å². The van der Waals surface area contributed by atoms with Gasteiger partial charge in [-0.25, -0.2) is 9.78 Å². The number of hydrogen-bond acceptors (Lipinski definition) is 4. The van der Waals surface area contributed by atoms with Gasteiger partial charge >= 0.3 is 5.97 Å². The summed E-state index contributed by atoms with van der Waals surface area (Å²) in [6, 6.07) is 0. The molecule has 4 fully saturated rings. The van der Waals surface area contributed by atoms with Gasteiger partial charge in [-0.3, -0.25) is 4.79 Å². The maximum absolute atomic E-state index is 11.7. The van der Waals surface area contributed by atoms with Gasteiger partial charge in [-0.15, -0.1) is 0 Å². The minimum Gasteiger partial charge on any atom is -0.445 e. The molecule has 0 saturated heterocycles. The maximum atomic E-state index is 11.7. The van der Waals surface area contributed by atoms with E-state index in [0.717, 1.165) is 48.5 Å². The van der Waals surface area contributed by atoms with Crippen LogP contribution in [0.2, 0.25) is 0 Å². The summed E-state index contributed by atoms with van der Waals surface area (Å²) in [6.07, 6.45) is 9.52. The quantitative estimate of drug-likeness (QED) is 0.207. The summed E-state index contributed by atoms with van der Waals surface area (Å²) in [7, 11) is 0. The molecule has 0 spiro atoms. The first-order chi connectivity index (χ1) is 13.9. The van der Waals surface area contributed by atoms with Crippen molar-refractivity contribution in [1.29, 1.82) is 0 Å². The van der Waals surface area contributed by atoms with Crippen LogP contribution < -0.4 is 0 Å². The SMILES string of the molecule is CCC(C)(C)OOC(C)(C)C#C[C@H](/C=C(\Cl)C12CC3CC(CC(C3)C1)C2)OC(C)=O. The molecule has 5 heteroatoms. The lowest BCUT2D eigenvalue weighted by molar-refractivity contribution is -0.388. The van der Waals surface area contributed by atoms with Gasteiger partial charge in [0.15, 0.2) is 11.7 Å². The van der Waals surface area contributed by atoms with Gasteiger partial charge in [0.2, 0.25) is 0 Å². The minimum atomic E-state index is -0.841. The topological polar surface area (TPSA) is 44.8 Å². The monoisotopic (exact) mass is 436 g/mol. The molecule has 4 nitrogen and oxygen atoms in total. The lowest BCUT2D eigenvalue weighted by Gasteiger charge is -2.56. The Hall–Kier alpha value is -1.02. The van der Waals surface area contributed by atoms with Crippen molar-refractivity contribution in [2.24, 2.45) is 23.2 Å². The van der Waals surface area contributed by atoms with Crippen LogP contribution in [0.5, 0.6) is 0 Å². The van der Waals surface area contributed by atoms with Gasteiger partial charge in [0.05, 0.1) is 5.60 Å². The zero-order valence-electron chi connectivity index (χ0n) is 19.3. The van der Waals surface area contributed by atoms with E-state index in [1.165, 1.54) is 26.2 Å². The Balaban J connectivity index is 1.75. The molecule has 0 amide bonds. The number of hydrogen-bond donors (Lipinski definition) is 0. The van der Waals surface area contributed by atoms with Crippen LogP contribution in [0.25, 0.3) is 0 Å². The van der Waals surface area contributed by atoms with Crippen molar-refractivity contribution in [2.75, 3.05) is 0 Å². The highest BCUT2D eigenvalue weighted by Crippen LogP contribution is 2.63. The summed E-state index contributed by atoms with van der Waals surface area (Å²) in [5, 5.41) is 0.823. The summed E-state index contributed by atoms with van der Waals surface area (Å²) >= 11 is 6.92. The third-order valence-corrected chi connectivity index (χ3v) is 7.50. The van der Waals surface area contributed by atoms with Crippen LogP contribution in [-0.2, 0) is 19.3 Å². The Morgan fingerprint density at radius 3 is 2.10 bits per heavy atom. The largest absolute Gasteiger partial charge is 0.445 e. The molecule has 0 aliphatic heterocycles. The van der Waals surface area contributed by atoms with Crippen LogP contribution in [0.4, 0.5) is 0 Å². The van der Waals surface area contributed by atoms with Crippen molar-refractivity contribution in [1.82, 2.24) is 0 Å². The number of rotatable bonds is 7. The molecule has 0 radical (unpaired) electrons. The normalized spacial score (nSPS) is 31.8. The Morgan fingerprint density at radius 2 is 1.63 bits per heavy atom. The molecule has 4 rings (SSSR count). The Labute approximate surface area is 187 Å². The molecule has 4 aliphatic carbocycles. The second kappa shape index (κ2) is 8.85. The maximum Gasteiger partial charge on any atom is 0.304 e. The lowest BCUT2D eigenvalue weighted by atomic mass is 9.49. The summed E-state index contributed by atoms with van der Waals surface area (Å²) in [5.74, 6) is 8.12. The van der Waals surface area contributed by atoms with Crippen molar-refractivity contribution in [3.8, 4) is 11.8 Å². The van der Waals surface area contributed by atoms with E-state index < -0.39 is 17.3 Å². The third-order valence-electron chi connectivity index (χ3n) is 6.98. The zero-order chi connectivity index (χ0) is 22.2. The minimum absolute atomic E-state index is 0.0522. The summed E-state index contributed by atoms with van der Waals surface area (Å²) in [6.45, 7) is 11.0. The lowest BCUT2D eigenvalue weighted by Crippen LogP contribution is -2.46. The Morgan fingerprint density at radius 1 is 1.10 bits per heavy atom. The van der Waals surface area contributed by atoms with Crippen molar-refractivity contribution in [3.05, 3.63) is 11.1 Å². The standard InChI is InChI=1S/C25H37ClO4/c1-7-23(3,4)29-30-24(5,6)9-8-21(28-17(2)27)13-22(26)25-14-18-10-19(15-25)12-20(11-18)16-25/h13,18-21H,7,10-12,14-16H2,1-6H3/b22-13-/t18?,19?,20?,21-,25?/m1/s1. The van der Waals surface area contributed by atoms with Crippen molar-refractivity contribution < 1.29 is 19.3 Å². The number of ether oxygens (including phenoxy) is 1. The molecule has 0 N–H and O–H groups in total. The van der Waals surface area contributed by atoms with E-state index in [2.05, 4.69) is 11.8 Å². The molecule has 4 saturated carbocycles. The van der Waals surface area contributed by atoms with E-state index in [9.17, 15) is 4.79 Å². The highest BCUT2D eigenvalue weighted by Gasteiger charge is 2.52. The smallest absolute Gasteiger partial charge is 0.304 e. The molecule has 0 aromatic carbocycles. The van der Waals surface area contributed by atoms with Gasteiger partial charge in [0, 0.05) is 17.4 Å². The van der Waals surface area contributed by atoms with Gasteiger partial charge in [-0.05, 0) is 96.5 Å². The second-order valence-electron chi connectivity index (χ2n) is 10.8. The van der Waals surface area contributed by atoms with Gasteiger partial charge in [0.25, 0.3) is 0 Å². The average molecular weight is 437 g/mol. The molecule has 0 unspecified atom stereocenters. The highest BCUT2D eigenvalue weighted by atomic mass is 35.5. The van der Waals surface area contributed by atoms with Gasteiger partial charge in [-0.2, -0.15) is 0 Å². The molecular weight excluding hydrogens is 400 g/mol. The van der Waals surface area contributed by atoms with E-state index >= 15 is 0 Å².